The number of methoxy groups -OCH3 is 1. The van der Waals surface area contributed by atoms with Crippen molar-refractivity contribution < 1.29 is 14.3 Å². The van der Waals surface area contributed by atoms with Gasteiger partial charge in [-0.05, 0) is 39.0 Å². The van der Waals surface area contributed by atoms with Gasteiger partial charge in [0.05, 0.1) is 12.7 Å². The van der Waals surface area contributed by atoms with Crippen LogP contribution in [0.2, 0.25) is 0 Å². The van der Waals surface area contributed by atoms with E-state index in [1.54, 1.807) is 37.7 Å². The minimum atomic E-state index is -0.632. The first-order chi connectivity index (χ1) is 9.95. The van der Waals surface area contributed by atoms with Gasteiger partial charge in [0, 0.05) is 18.0 Å². The number of rotatable bonds is 5. The molecule has 1 heterocycles. The number of carbonyl (C=O) groups is 1. The molecule has 0 aliphatic carbocycles. The third-order valence-corrected chi connectivity index (χ3v) is 3.29. The van der Waals surface area contributed by atoms with Crippen LogP contribution in [-0.4, -0.2) is 17.9 Å². The van der Waals surface area contributed by atoms with E-state index in [0.717, 1.165) is 5.56 Å². The second-order valence-electron chi connectivity index (χ2n) is 5.25. The van der Waals surface area contributed by atoms with E-state index in [1.807, 2.05) is 26.0 Å². The van der Waals surface area contributed by atoms with E-state index in [1.165, 1.54) is 6.92 Å². The topological polar surface area (TPSA) is 48.4 Å². The van der Waals surface area contributed by atoms with Crippen molar-refractivity contribution in [1.29, 1.82) is 0 Å². The van der Waals surface area contributed by atoms with Crippen molar-refractivity contribution in [1.82, 2.24) is 4.98 Å². The highest BCUT2D eigenvalue weighted by Gasteiger charge is 2.26. The van der Waals surface area contributed by atoms with E-state index in [9.17, 15) is 4.79 Å². The van der Waals surface area contributed by atoms with Gasteiger partial charge in [-0.25, -0.2) is 0 Å². The first kappa shape index (κ1) is 15.0. The molecule has 0 saturated heterocycles. The minimum Gasteiger partial charge on any atom is -0.493 e. The summed E-state index contributed by atoms with van der Waals surface area (Å²) >= 11 is 0. The van der Waals surface area contributed by atoms with Crippen molar-refractivity contribution >= 4 is 5.78 Å². The Balaban J connectivity index is 2.45. The summed E-state index contributed by atoms with van der Waals surface area (Å²) < 4.78 is 11.4. The molecule has 0 spiro atoms. The third kappa shape index (κ3) is 3.21. The molecule has 4 heteroatoms. The zero-order chi connectivity index (χ0) is 15.5. The van der Waals surface area contributed by atoms with Crippen LogP contribution in [0.3, 0.4) is 0 Å². The Morgan fingerprint density at radius 3 is 2.52 bits per heavy atom. The Hall–Kier alpha value is -2.36. The first-order valence-corrected chi connectivity index (χ1v) is 6.73. The maximum absolute atomic E-state index is 11.8. The zero-order valence-electron chi connectivity index (χ0n) is 12.7. The molecule has 110 valence electrons. The Labute approximate surface area is 124 Å². The molecular formula is C17H19NO3. The van der Waals surface area contributed by atoms with Crippen LogP contribution in [0.15, 0.2) is 42.7 Å². The predicted octanol–water partition coefficient (Wildman–Crippen LogP) is 3.61. The van der Waals surface area contributed by atoms with Crippen molar-refractivity contribution in [3.8, 4) is 11.5 Å². The Bertz CT molecular complexity index is 636. The monoisotopic (exact) mass is 285 g/mol. The number of pyridine rings is 1. The summed E-state index contributed by atoms with van der Waals surface area (Å²) in [5, 5.41) is 0. The van der Waals surface area contributed by atoms with Gasteiger partial charge < -0.3 is 9.47 Å². The van der Waals surface area contributed by atoms with E-state index < -0.39 is 5.60 Å². The van der Waals surface area contributed by atoms with E-state index in [2.05, 4.69) is 4.98 Å². The van der Waals surface area contributed by atoms with Gasteiger partial charge in [0.15, 0.2) is 17.3 Å². The summed E-state index contributed by atoms with van der Waals surface area (Å²) in [6.45, 7) is 5.37. The number of benzene rings is 1. The lowest BCUT2D eigenvalue weighted by molar-refractivity contribution is 0.0935. The van der Waals surface area contributed by atoms with Crippen molar-refractivity contribution in [2.24, 2.45) is 0 Å². The molecule has 0 fully saturated rings. The van der Waals surface area contributed by atoms with Gasteiger partial charge in [0.25, 0.3) is 0 Å². The van der Waals surface area contributed by atoms with Gasteiger partial charge in [0.2, 0.25) is 0 Å². The average molecular weight is 285 g/mol. The summed E-state index contributed by atoms with van der Waals surface area (Å²) in [5.41, 5.74) is 0.796. The molecule has 0 N–H and O–H groups in total. The smallest absolute Gasteiger partial charge is 0.173 e. The first-order valence-electron chi connectivity index (χ1n) is 6.73. The summed E-state index contributed by atoms with van der Waals surface area (Å²) in [7, 11) is 1.56. The van der Waals surface area contributed by atoms with Crippen LogP contribution in [0.1, 0.15) is 36.7 Å². The number of para-hydroxylation sites is 1. The number of ether oxygens (including phenoxy) is 2. The summed E-state index contributed by atoms with van der Waals surface area (Å²) in [4.78, 5) is 15.9. The molecule has 1 aromatic carbocycles. The molecule has 0 saturated carbocycles. The maximum Gasteiger partial charge on any atom is 0.173 e. The molecule has 4 nitrogen and oxygen atoms in total. The quantitative estimate of drug-likeness (QED) is 0.787. The number of aromatic nitrogens is 1. The normalized spacial score (nSPS) is 11.0. The van der Waals surface area contributed by atoms with E-state index >= 15 is 0 Å². The van der Waals surface area contributed by atoms with Crippen LogP contribution >= 0.6 is 0 Å². The van der Waals surface area contributed by atoms with Crippen LogP contribution in [0.5, 0.6) is 11.5 Å². The summed E-state index contributed by atoms with van der Waals surface area (Å²) in [6, 6.07) is 9.09. The molecule has 1 aromatic heterocycles. The molecule has 0 aliphatic rings. The van der Waals surface area contributed by atoms with Crippen molar-refractivity contribution in [2.75, 3.05) is 7.11 Å². The van der Waals surface area contributed by atoms with Gasteiger partial charge in [-0.1, -0.05) is 12.1 Å². The molecular weight excluding hydrogens is 266 g/mol. The molecule has 0 amide bonds. The second kappa shape index (κ2) is 5.95. The molecule has 0 radical (unpaired) electrons. The third-order valence-electron chi connectivity index (χ3n) is 3.29. The molecule has 0 bridgehead atoms. The molecule has 21 heavy (non-hydrogen) atoms. The van der Waals surface area contributed by atoms with E-state index in [0.29, 0.717) is 17.1 Å². The highest BCUT2D eigenvalue weighted by atomic mass is 16.5. The second-order valence-corrected chi connectivity index (χ2v) is 5.25. The molecule has 0 aliphatic heterocycles. The SMILES string of the molecule is COc1cccc(C(C)=O)c1OC(C)(C)c1cccnc1. The highest BCUT2D eigenvalue weighted by molar-refractivity contribution is 5.97. The Morgan fingerprint density at radius 2 is 1.95 bits per heavy atom. The number of carbonyl (C=O) groups excluding carboxylic acids is 1. The fourth-order valence-corrected chi connectivity index (χ4v) is 2.09. The van der Waals surface area contributed by atoms with Gasteiger partial charge in [-0.3, -0.25) is 9.78 Å². The van der Waals surface area contributed by atoms with Crippen LogP contribution in [0.4, 0.5) is 0 Å². The van der Waals surface area contributed by atoms with Crippen LogP contribution in [0, 0.1) is 0 Å². The van der Waals surface area contributed by atoms with Crippen LogP contribution in [0.25, 0.3) is 0 Å². The summed E-state index contributed by atoms with van der Waals surface area (Å²) in [5.74, 6) is 0.937. The standard InChI is InChI=1S/C17H19NO3/c1-12(19)14-8-5-9-15(20-4)16(14)21-17(2,3)13-7-6-10-18-11-13/h5-11H,1-4H3. The Morgan fingerprint density at radius 1 is 1.19 bits per heavy atom. The lowest BCUT2D eigenvalue weighted by Gasteiger charge is -2.28. The summed E-state index contributed by atoms with van der Waals surface area (Å²) in [6.07, 6.45) is 3.46. The van der Waals surface area contributed by atoms with Crippen molar-refractivity contribution in [3.05, 3.63) is 53.9 Å². The number of hydrogen-bond acceptors (Lipinski definition) is 4. The predicted molar refractivity (Wildman–Crippen MR) is 80.9 cm³/mol. The fraction of sp³-hybridized carbons (Fsp3) is 0.294. The lowest BCUT2D eigenvalue weighted by atomic mass is 9.99. The molecule has 2 aromatic rings. The lowest BCUT2D eigenvalue weighted by Crippen LogP contribution is -2.26. The van der Waals surface area contributed by atoms with Gasteiger partial charge in [0.1, 0.15) is 5.60 Å². The van der Waals surface area contributed by atoms with Gasteiger partial charge in [-0.15, -0.1) is 0 Å². The minimum absolute atomic E-state index is 0.0640. The fourth-order valence-electron chi connectivity index (χ4n) is 2.09. The van der Waals surface area contributed by atoms with Crippen LogP contribution in [-0.2, 0) is 5.60 Å². The zero-order valence-corrected chi connectivity index (χ0v) is 12.7. The van der Waals surface area contributed by atoms with E-state index in [4.69, 9.17) is 9.47 Å². The number of hydrogen-bond donors (Lipinski definition) is 0. The molecule has 0 atom stereocenters. The average Bonchev–Trinajstić information content (AvgIpc) is 2.47. The molecule has 0 unspecified atom stereocenters. The number of Topliss-reactive ketones (excluding diaryl/α,β-unsaturated/α-hetero) is 1. The van der Waals surface area contributed by atoms with E-state index in [-0.39, 0.29) is 5.78 Å². The number of nitrogens with zero attached hydrogens (tertiary/aromatic N) is 1. The van der Waals surface area contributed by atoms with Gasteiger partial charge >= 0.3 is 0 Å². The maximum atomic E-state index is 11.8. The van der Waals surface area contributed by atoms with Crippen molar-refractivity contribution in [2.45, 2.75) is 26.4 Å². The Kier molecular flexibility index (Phi) is 4.26. The molecule has 2 rings (SSSR count). The van der Waals surface area contributed by atoms with Crippen LogP contribution < -0.4 is 9.47 Å². The van der Waals surface area contributed by atoms with Crippen molar-refractivity contribution in [3.63, 3.8) is 0 Å². The highest BCUT2D eigenvalue weighted by Crippen LogP contribution is 2.37. The largest absolute Gasteiger partial charge is 0.493 e. The van der Waals surface area contributed by atoms with Gasteiger partial charge in [-0.2, -0.15) is 0 Å². The number of ketones is 1.